The predicted octanol–water partition coefficient (Wildman–Crippen LogP) is 4.93. The highest BCUT2D eigenvalue weighted by atomic mass is 16.4. The molecule has 0 bridgehead atoms. The van der Waals surface area contributed by atoms with Gasteiger partial charge in [0.25, 0.3) is 5.91 Å². The lowest BCUT2D eigenvalue weighted by molar-refractivity contribution is -0.136. The number of nitrogens with one attached hydrogen (secondary N) is 2. The Morgan fingerprint density at radius 3 is 2.59 bits per heavy atom. The lowest BCUT2D eigenvalue weighted by Gasteiger charge is -2.31. The smallest absolute Gasteiger partial charge is 0.305 e. The number of nitrogens with zero attached hydrogens (tertiary/aromatic N) is 2. The topological polar surface area (TPSA) is 109 Å². The van der Waals surface area contributed by atoms with Crippen molar-refractivity contribution in [1.82, 2.24) is 15.1 Å². The number of furan rings is 1. The van der Waals surface area contributed by atoms with E-state index in [2.05, 4.69) is 21.8 Å². The van der Waals surface area contributed by atoms with Crippen molar-refractivity contribution in [3.05, 3.63) is 59.6 Å². The lowest BCUT2D eigenvalue weighted by atomic mass is 9.81. The van der Waals surface area contributed by atoms with Crippen LogP contribution in [0.2, 0.25) is 0 Å². The number of carboxylic acids is 1. The Hall–Kier alpha value is -3.55. The quantitative estimate of drug-likeness (QED) is 0.414. The number of aryl methyl sites for hydroxylation is 2. The molecule has 34 heavy (non-hydrogen) atoms. The van der Waals surface area contributed by atoms with Gasteiger partial charge in [-0.15, -0.1) is 0 Å². The van der Waals surface area contributed by atoms with Crippen molar-refractivity contribution in [3.63, 3.8) is 0 Å². The van der Waals surface area contributed by atoms with E-state index in [1.165, 1.54) is 19.3 Å². The largest absolute Gasteiger partial charge is 0.481 e. The Labute approximate surface area is 199 Å². The second-order valence-electron chi connectivity index (χ2n) is 9.02. The molecule has 0 radical (unpaired) electrons. The minimum Gasteiger partial charge on any atom is -0.481 e. The van der Waals surface area contributed by atoms with Gasteiger partial charge >= 0.3 is 5.97 Å². The average molecular weight is 465 g/mol. The van der Waals surface area contributed by atoms with Crippen molar-refractivity contribution < 1.29 is 19.1 Å². The molecule has 0 spiro atoms. The third kappa shape index (κ3) is 5.68. The summed E-state index contributed by atoms with van der Waals surface area (Å²) in [7, 11) is 1.89. The maximum absolute atomic E-state index is 12.3. The fourth-order valence-corrected chi connectivity index (χ4v) is 4.70. The van der Waals surface area contributed by atoms with E-state index in [0.29, 0.717) is 11.5 Å². The van der Waals surface area contributed by atoms with Gasteiger partial charge in [0.1, 0.15) is 11.5 Å². The summed E-state index contributed by atoms with van der Waals surface area (Å²) in [6.07, 6.45) is 9.72. The number of aromatic nitrogens is 2. The Kier molecular flexibility index (Phi) is 7.35. The van der Waals surface area contributed by atoms with Gasteiger partial charge in [-0.25, -0.2) is 0 Å². The monoisotopic (exact) mass is 464 g/mol. The van der Waals surface area contributed by atoms with Crippen LogP contribution >= 0.6 is 0 Å². The fourth-order valence-electron chi connectivity index (χ4n) is 4.70. The summed E-state index contributed by atoms with van der Waals surface area (Å²) < 4.78 is 7.91. The van der Waals surface area contributed by atoms with E-state index < -0.39 is 5.97 Å². The van der Waals surface area contributed by atoms with Crippen LogP contribution in [0.4, 0.5) is 5.69 Å². The summed E-state index contributed by atoms with van der Waals surface area (Å²) in [6.45, 7) is 2.12. The van der Waals surface area contributed by atoms with Crippen LogP contribution < -0.4 is 10.6 Å². The third-order valence-electron chi connectivity index (χ3n) is 6.50. The van der Waals surface area contributed by atoms with Gasteiger partial charge in [0.2, 0.25) is 0 Å². The Morgan fingerprint density at radius 2 is 1.94 bits per heavy atom. The van der Waals surface area contributed by atoms with Gasteiger partial charge in [0.05, 0.1) is 24.2 Å². The van der Waals surface area contributed by atoms with E-state index >= 15 is 0 Å². The zero-order valence-corrected chi connectivity index (χ0v) is 19.7. The van der Waals surface area contributed by atoms with Crippen molar-refractivity contribution in [1.29, 1.82) is 0 Å². The Bertz CT molecular complexity index is 1130. The molecule has 1 atom stereocenters. The first-order chi connectivity index (χ1) is 16.4. The van der Waals surface area contributed by atoms with Crippen LogP contribution in [0.1, 0.15) is 66.2 Å². The molecule has 2 heterocycles. The van der Waals surface area contributed by atoms with Crippen molar-refractivity contribution in [2.45, 2.75) is 51.5 Å². The number of hydrogen-bond donors (Lipinski definition) is 3. The van der Waals surface area contributed by atoms with Crippen LogP contribution in [-0.4, -0.2) is 33.3 Å². The molecule has 1 amide bonds. The van der Waals surface area contributed by atoms with Gasteiger partial charge in [-0.2, -0.15) is 5.10 Å². The van der Waals surface area contributed by atoms with Crippen LogP contribution in [0.15, 0.2) is 47.1 Å². The maximum Gasteiger partial charge on any atom is 0.305 e. The Morgan fingerprint density at radius 1 is 1.21 bits per heavy atom. The molecule has 1 aliphatic rings. The summed E-state index contributed by atoms with van der Waals surface area (Å²) in [4.78, 5) is 22.9. The zero-order chi connectivity index (χ0) is 24.1. The Balaban J connectivity index is 1.53. The molecule has 0 saturated heterocycles. The van der Waals surface area contributed by atoms with Crippen molar-refractivity contribution in [2.75, 3.05) is 11.9 Å². The van der Waals surface area contributed by atoms with Crippen LogP contribution in [-0.2, 0) is 11.8 Å². The van der Waals surface area contributed by atoms with Crippen molar-refractivity contribution in [2.24, 2.45) is 13.0 Å². The summed E-state index contributed by atoms with van der Waals surface area (Å²) >= 11 is 0. The van der Waals surface area contributed by atoms with E-state index in [4.69, 9.17) is 9.52 Å². The summed E-state index contributed by atoms with van der Waals surface area (Å²) in [5.41, 5.74) is 3.54. The van der Waals surface area contributed by atoms with Crippen LogP contribution in [0.3, 0.4) is 0 Å². The molecule has 3 aromatic rings. The number of rotatable bonds is 9. The SMILES string of the molecule is Cc1oc(-c2cnn(C)c2)cc1C(Nc1ccc(C(=O)NCCC(=O)O)cc1)C1CCCCC1. The van der Waals surface area contributed by atoms with E-state index in [1.54, 1.807) is 16.8 Å². The summed E-state index contributed by atoms with van der Waals surface area (Å²) in [6, 6.07) is 9.56. The highest BCUT2D eigenvalue weighted by Crippen LogP contribution is 2.40. The molecule has 1 unspecified atom stereocenters. The molecule has 1 saturated carbocycles. The number of benzene rings is 1. The van der Waals surface area contributed by atoms with Gasteiger partial charge < -0.3 is 20.2 Å². The lowest BCUT2D eigenvalue weighted by Crippen LogP contribution is -2.26. The van der Waals surface area contributed by atoms with Gasteiger partial charge in [-0.3, -0.25) is 14.3 Å². The van der Waals surface area contributed by atoms with Crippen molar-refractivity contribution in [3.8, 4) is 11.3 Å². The molecule has 0 aliphatic heterocycles. The summed E-state index contributed by atoms with van der Waals surface area (Å²) in [5, 5.41) is 19.3. The molecule has 1 aliphatic carbocycles. The number of carbonyl (C=O) groups excluding carboxylic acids is 1. The highest BCUT2D eigenvalue weighted by Gasteiger charge is 2.28. The first-order valence-electron chi connectivity index (χ1n) is 11.9. The minimum absolute atomic E-state index is 0.0977. The van der Waals surface area contributed by atoms with Gasteiger partial charge in [-0.1, -0.05) is 19.3 Å². The van der Waals surface area contributed by atoms with E-state index in [9.17, 15) is 9.59 Å². The molecule has 3 N–H and O–H groups in total. The molecule has 1 fully saturated rings. The molecule has 8 nitrogen and oxygen atoms in total. The zero-order valence-electron chi connectivity index (χ0n) is 19.7. The first kappa shape index (κ1) is 23.6. The van der Waals surface area contributed by atoms with Crippen LogP contribution in [0, 0.1) is 12.8 Å². The molecular formula is C26H32N4O4. The van der Waals surface area contributed by atoms with E-state index in [0.717, 1.165) is 41.2 Å². The third-order valence-corrected chi connectivity index (χ3v) is 6.50. The van der Waals surface area contributed by atoms with Crippen LogP contribution in [0.5, 0.6) is 0 Å². The number of carbonyl (C=O) groups is 2. The summed E-state index contributed by atoms with van der Waals surface area (Å²) in [5.74, 6) is 0.997. The number of anilines is 1. The molecule has 1 aromatic carbocycles. The molecule has 8 heteroatoms. The van der Waals surface area contributed by atoms with Gasteiger partial charge in [0.15, 0.2) is 0 Å². The molecule has 2 aromatic heterocycles. The number of amides is 1. The van der Waals surface area contributed by atoms with E-state index in [1.807, 2.05) is 38.5 Å². The molecule has 4 rings (SSSR count). The maximum atomic E-state index is 12.3. The fraction of sp³-hybridized carbons (Fsp3) is 0.423. The number of aliphatic carboxylic acids is 1. The molecular weight excluding hydrogens is 432 g/mol. The molecule has 180 valence electrons. The first-order valence-corrected chi connectivity index (χ1v) is 11.9. The number of hydrogen-bond acceptors (Lipinski definition) is 5. The number of carboxylic acid groups (broad SMARTS) is 1. The van der Waals surface area contributed by atoms with Gasteiger partial charge in [-0.05, 0) is 56.0 Å². The normalized spacial score (nSPS) is 15.1. The predicted molar refractivity (Wildman–Crippen MR) is 130 cm³/mol. The highest BCUT2D eigenvalue weighted by molar-refractivity contribution is 5.94. The van der Waals surface area contributed by atoms with E-state index in [-0.39, 0.29) is 24.9 Å². The van der Waals surface area contributed by atoms with Crippen LogP contribution in [0.25, 0.3) is 11.3 Å². The minimum atomic E-state index is -0.935. The average Bonchev–Trinajstić information content (AvgIpc) is 3.43. The standard InChI is InChI=1S/C26H32N4O4/c1-17-22(14-23(34-17)20-15-28-30(2)16-20)25(18-6-4-3-5-7-18)29-21-10-8-19(9-11-21)26(33)27-13-12-24(31)32/h8-11,14-16,18,25,29H,3-7,12-13H2,1-2H3,(H,27,33)(H,31,32). The second kappa shape index (κ2) is 10.6. The van der Waals surface area contributed by atoms with Crippen molar-refractivity contribution >= 4 is 17.6 Å². The van der Waals surface area contributed by atoms with Gasteiger partial charge in [0, 0.05) is 36.6 Å². The second-order valence-corrected chi connectivity index (χ2v) is 9.02.